The van der Waals surface area contributed by atoms with E-state index in [9.17, 15) is 0 Å². The topological polar surface area (TPSA) is 51.8 Å². The molecule has 0 amide bonds. The summed E-state index contributed by atoms with van der Waals surface area (Å²) in [6.07, 6.45) is 3.69. The van der Waals surface area contributed by atoms with Gasteiger partial charge < -0.3 is 4.42 Å². The molecule has 0 saturated carbocycles. The number of hydrogen-bond donors (Lipinski definition) is 0. The highest BCUT2D eigenvalue weighted by Gasteiger charge is 2.20. The van der Waals surface area contributed by atoms with E-state index in [1.165, 1.54) is 20.2 Å². The van der Waals surface area contributed by atoms with Crippen LogP contribution in [0.2, 0.25) is 0 Å². The quantitative estimate of drug-likeness (QED) is 0.171. The second-order valence-electron chi connectivity index (χ2n) is 14.0. The van der Waals surface area contributed by atoms with Crippen molar-refractivity contribution >= 4 is 53.4 Å². The summed E-state index contributed by atoms with van der Waals surface area (Å²) in [4.78, 5) is 14.7. The molecule has 0 N–H and O–H groups in total. The summed E-state index contributed by atoms with van der Waals surface area (Å²) in [6.45, 7) is 0. The van der Waals surface area contributed by atoms with Crippen molar-refractivity contribution in [2.45, 2.75) is 0 Å². The largest absolute Gasteiger partial charge is 0.455 e. The Kier molecular flexibility index (Phi) is 7.64. The zero-order valence-electron chi connectivity index (χ0n) is 30.1. The van der Waals surface area contributed by atoms with Crippen molar-refractivity contribution in [1.29, 1.82) is 0 Å². The van der Waals surface area contributed by atoms with Crippen molar-refractivity contribution in [3.05, 3.63) is 188 Å². The van der Waals surface area contributed by atoms with Gasteiger partial charge >= 0.3 is 0 Å². The highest BCUT2D eigenvalue weighted by atomic mass is 32.1. The van der Waals surface area contributed by atoms with Gasteiger partial charge in [0.2, 0.25) is 0 Å². The highest BCUT2D eigenvalue weighted by Crippen LogP contribution is 2.44. The first-order valence-corrected chi connectivity index (χ1v) is 19.5. The summed E-state index contributed by atoms with van der Waals surface area (Å²) in [6, 6.07) is 61.7. The third kappa shape index (κ3) is 5.56. The number of fused-ring (bicyclic) bond motifs is 6. The lowest BCUT2D eigenvalue weighted by atomic mass is 9.95. The van der Waals surface area contributed by atoms with Crippen LogP contribution in [-0.4, -0.2) is 15.0 Å². The number of rotatable bonds is 6. The molecule has 0 atom stereocenters. The number of pyridine rings is 1. The SMILES string of the molecule is c1ccc(-c2cc(-c3ccc(-c4ccc5c(c4)sc4ccccc45)c4c3oc3ccccc34)nc(-c3ccc(-c4ccc(-c5cccnc5)cc4)cc3)n2)cc1. The van der Waals surface area contributed by atoms with Gasteiger partial charge in [0.1, 0.15) is 11.2 Å². The number of hydrogen-bond acceptors (Lipinski definition) is 5. The monoisotopic (exact) mass is 733 g/mol. The van der Waals surface area contributed by atoms with Crippen LogP contribution < -0.4 is 0 Å². The standard InChI is InChI=1S/C51H31N3OS/c1-2-9-35(10-3-1)44-30-45(54-51(53-44)36-22-20-33(21-23-36)32-16-18-34(19-17-32)38-11-8-28-52-31-38)42-27-26-39(49-43-13-4-6-14-46(43)55-50(42)49)37-24-25-41-40-12-5-7-15-47(40)56-48(41)29-37/h1-31H. The average molecular weight is 734 g/mol. The average Bonchev–Trinajstić information content (AvgIpc) is 3.85. The zero-order valence-corrected chi connectivity index (χ0v) is 30.9. The van der Waals surface area contributed by atoms with Gasteiger partial charge in [-0.25, -0.2) is 9.97 Å². The predicted octanol–water partition coefficient (Wildman–Crippen LogP) is 14.1. The Morgan fingerprint density at radius 1 is 0.411 bits per heavy atom. The molecule has 11 rings (SSSR count). The Balaban J connectivity index is 1.04. The van der Waals surface area contributed by atoms with Gasteiger partial charge in [-0.2, -0.15) is 0 Å². The molecule has 0 fully saturated rings. The maximum atomic E-state index is 6.77. The fraction of sp³-hybridized carbons (Fsp3) is 0. The van der Waals surface area contributed by atoms with Crippen LogP contribution in [0.25, 0.3) is 109 Å². The Labute approximate surface area is 327 Å². The van der Waals surface area contributed by atoms with E-state index in [1.54, 1.807) is 6.20 Å². The van der Waals surface area contributed by atoms with Crippen LogP contribution in [-0.2, 0) is 0 Å². The van der Waals surface area contributed by atoms with Gasteiger partial charge in [-0.1, -0.05) is 140 Å². The Hall–Kier alpha value is -7.21. The van der Waals surface area contributed by atoms with Crippen molar-refractivity contribution < 1.29 is 4.42 Å². The van der Waals surface area contributed by atoms with Crippen molar-refractivity contribution in [3.8, 4) is 67.3 Å². The van der Waals surface area contributed by atoms with Crippen LogP contribution in [0.1, 0.15) is 0 Å². The normalized spacial score (nSPS) is 11.6. The first-order valence-electron chi connectivity index (χ1n) is 18.7. The molecule has 0 bridgehead atoms. The van der Waals surface area contributed by atoms with Crippen LogP contribution in [0.5, 0.6) is 0 Å². The first-order chi connectivity index (χ1) is 27.7. The molecule has 4 aromatic heterocycles. The minimum Gasteiger partial charge on any atom is -0.455 e. The van der Waals surface area contributed by atoms with Crippen LogP contribution in [0.15, 0.2) is 193 Å². The van der Waals surface area contributed by atoms with Crippen LogP contribution in [0.4, 0.5) is 0 Å². The molecular formula is C51H31N3OS. The predicted molar refractivity (Wildman–Crippen MR) is 233 cm³/mol. The lowest BCUT2D eigenvalue weighted by Crippen LogP contribution is -1.96. The van der Waals surface area contributed by atoms with E-state index >= 15 is 0 Å². The number of furan rings is 1. The van der Waals surface area contributed by atoms with E-state index in [2.05, 4.69) is 145 Å². The smallest absolute Gasteiger partial charge is 0.160 e. The van der Waals surface area contributed by atoms with Gasteiger partial charge in [-0.15, -0.1) is 11.3 Å². The summed E-state index contributed by atoms with van der Waals surface area (Å²) in [5.74, 6) is 0.656. The molecule has 0 aliphatic heterocycles. The number of thiophene rings is 1. The molecule has 0 aliphatic rings. The highest BCUT2D eigenvalue weighted by molar-refractivity contribution is 7.25. The summed E-state index contributed by atoms with van der Waals surface area (Å²) in [7, 11) is 0. The van der Waals surface area contributed by atoms with Crippen molar-refractivity contribution in [1.82, 2.24) is 15.0 Å². The van der Waals surface area contributed by atoms with E-state index < -0.39 is 0 Å². The van der Waals surface area contributed by atoms with Crippen molar-refractivity contribution in [3.63, 3.8) is 0 Å². The number of para-hydroxylation sites is 1. The second-order valence-corrected chi connectivity index (χ2v) is 15.1. The molecular weight excluding hydrogens is 703 g/mol. The molecule has 7 aromatic carbocycles. The molecule has 0 radical (unpaired) electrons. The van der Waals surface area contributed by atoms with Gasteiger partial charge in [0.15, 0.2) is 5.82 Å². The summed E-state index contributed by atoms with van der Waals surface area (Å²) in [5, 5.41) is 4.75. The minimum absolute atomic E-state index is 0.656. The minimum atomic E-state index is 0.656. The van der Waals surface area contributed by atoms with Gasteiger partial charge in [0, 0.05) is 60.0 Å². The summed E-state index contributed by atoms with van der Waals surface area (Å²) >= 11 is 1.84. The van der Waals surface area contributed by atoms with Gasteiger partial charge in [-0.05, 0) is 69.8 Å². The molecule has 262 valence electrons. The molecule has 5 heteroatoms. The fourth-order valence-corrected chi connectivity index (χ4v) is 8.98. The van der Waals surface area contributed by atoms with E-state index in [0.29, 0.717) is 5.82 Å². The molecule has 4 nitrogen and oxygen atoms in total. The molecule has 56 heavy (non-hydrogen) atoms. The van der Waals surface area contributed by atoms with E-state index in [1.807, 2.05) is 53.9 Å². The summed E-state index contributed by atoms with van der Waals surface area (Å²) < 4.78 is 9.34. The number of nitrogens with zero attached hydrogens (tertiary/aromatic N) is 3. The third-order valence-electron chi connectivity index (χ3n) is 10.6. The Morgan fingerprint density at radius 3 is 1.82 bits per heavy atom. The fourth-order valence-electron chi connectivity index (χ4n) is 7.84. The lowest BCUT2D eigenvalue weighted by Gasteiger charge is -2.12. The maximum Gasteiger partial charge on any atom is 0.160 e. The first kappa shape index (κ1) is 32.2. The van der Waals surface area contributed by atoms with Crippen LogP contribution in [0.3, 0.4) is 0 Å². The number of benzene rings is 7. The lowest BCUT2D eigenvalue weighted by molar-refractivity contribution is 0.670. The molecule has 0 unspecified atom stereocenters. The van der Waals surface area contributed by atoms with Gasteiger partial charge in [0.05, 0.1) is 11.4 Å². The van der Waals surface area contributed by atoms with E-state index in [4.69, 9.17) is 14.4 Å². The third-order valence-corrected chi connectivity index (χ3v) is 11.8. The van der Waals surface area contributed by atoms with E-state index in [-0.39, 0.29) is 0 Å². The molecule has 4 heterocycles. The molecule has 0 aliphatic carbocycles. The number of aromatic nitrogens is 3. The Morgan fingerprint density at radius 2 is 1.04 bits per heavy atom. The van der Waals surface area contributed by atoms with Crippen LogP contribution >= 0.6 is 11.3 Å². The van der Waals surface area contributed by atoms with Gasteiger partial charge in [0.25, 0.3) is 0 Å². The van der Waals surface area contributed by atoms with Gasteiger partial charge in [-0.3, -0.25) is 4.98 Å². The Bertz CT molecular complexity index is 3220. The maximum absolute atomic E-state index is 6.77. The van der Waals surface area contributed by atoms with E-state index in [0.717, 1.165) is 83.4 Å². The molecule has 0 saturated heterocycles. The second kappa shape index (κ2) is 13.3. The zero-order chi connectivity index (χ0) is 37.0. The molecule has 11 aromatic rings. The molecule has 0 spiro atoms. The van der Waals surface area contributed by atoms with Crippen molar-refractivity contribution in [2.24, 2.45) is 0 Å². The van der Waals surface area contributed by atoms with Crippen molar-refractivity contribution in [2.75, 3.05) is 0 Å². The summed E-state index contributed by atoms with van der Waals surface area (Å²) in [5.41, 5.74) is 13.0. The van der Waals surface area contributed by atoms with Crippen LogP contribution in [0, 0.1) is 0 Å².